The Morgan fingerprint density at radius 1 is 1.12 bits per heavy atom. The molecule has 1 aromatic rings. The predicted octanol–water partition coefficient (Wildman–Crippen LogP) is 4.93. The molecular weight excluding hydrogens is 431 g/mol. The van der Waals surface area contributed by atoms with Crippen LogP contribution in [0.2, 0.25) is 0 Å². The van der Waals surface area contributed by atoms with Crippen molar-refractivity contribution >= 4 is 17.6 Å². The summed E-state index contributed by atoms with van der Waals surface area (Å²) >= 11 is 0. The van der Waals surface area contributed by atoms with Gasteiger partial charge in [0.25, 0.3) is 5.91 Å². The molecule has 5 nitrogen and oxygen atoms in total. The van der Waals surface area contributed by atoms with Crippen molar-refractivity contribution in [3.8, 4) is 0 Å². The number of urea groups is 1. The topological polar surface area (TPSA) is 43.9 Å². The van der Waals surface area contributed by atoms with Crippen LogP contribution >= 0.6 is 0 Å². The largest absolute Gasteiger partial charge is 0.416 e. The molecule has 0 N–H and O–H groups in total. The third-order valence-electron chi connectivity index (χ3n) is 8.41. The average molecular weight is 462 g/mol. The smallest absolute Gasteiger partial charge is 0.312 e. The van der Waals surface area contributed by atoms with Crippen molar-refractivity contribution in [1.29, 1.82) is 0 Å². The molecule has 0 aromatic heterocycles. The highest BCUT2D eigenvalue weighted by molar-refractivity contribution is 6.19. The highest BCUT2D eigenvalue weighted by atomic mass is 19.4. The zero-order valence-corrected chi connectivity index (χ0v) is 19.1. The number of hydrogen-bond donors (Lipinski definition) is 0. The summed E-state index contributed by atoms with van der Waals surface area (Å²) < 4.78 is 39.2. The fraction of sp³-hybridized carbons (Fsp3) is 0.600. The molecule has 2 heterocycles. The summed E-state index contributed by atoms with van der Waals surface area (Å²) in [6.45, 7) is 7.33. The highest BCUT2D eigenvalue weighted by Crippen LogP contribution is 2.59. The zero-order chi connectivity index (χ0) is 23.5. The first-order valence-electron chi connectivity index (χ1n) is 11.8. The number of hydrogen-bond acceptors (Lipinski definition) is 3. The highest BCUT2D eigenvalue weighted by Gasteiger charge is 2.51. The number of rotatable bonds is 4. The van der Waals surface area contributed by atoms with E-state index in [0.29, 0.717) is 11.3 Å². The van der Waals surface area contributed by atoms with Gasteiger partial charge in [0.2, 0.25) is 0 Å². The Balaban J connectivity index is 1.21. The SMILES string of the molecule is CC1(C)[C@H]2CC=C(CN3CCC(N4CC(=O)N(c5cccc(C(F)(F)F)c5)C4=O)CC3)[C@@H]1C2. The predicted molar refractivity (Wildman–Crippen MR) is 119 cm³/mol. The van der Waals surface area contributed by atoms with Crippen LogP contribution in [0.25, 0.3) is 0 Å². The van der Waals surface area contributed by atoms with Gasteiger partial charge in [0, 0.05) is 25.7 Å². The van der Waals surface area contributed by atoms with E-state index in [0.717, 1.165) is 55.4 Å². The molecule has 3 fully saturated rings. The molecule has 33 heavy (non-hydrogen) atoms. The fourth-order valence-electron chi connectivity index (χ4n) is 6.18. The lowest BCUT2D eigenvalue weighted by atomic mass is 9.49. The molecule has 2 bridgehead atoms. The third-order valence-corrected chi connectivity index (χ3v) is 8.41. The fourth-order valence-corrected chi connectivity index (χ4v) is 6.18. The Hall–Kier alpha value is -2.35. The standard InChI is InChI=1S/C25H30F3N3O2/c1-24(2)17-7-6-16(21(24)13-17)14-29-10-8-19(9-11-29)30-15-22(32)31(23(30)33)20-5-3-4-18(12-20)25(26,27)28/h3-6,12,17,19,21H,7-11,13-15H2,1-2H3/t17-,21-/m0/s1. The van der Waals surface area contributed by atoms with Crippen molar-refractivity contribution in [3.05, 3.63) is 41.5 Å². The number of carbonyl (C=O) groups is 2. The van der Waals surface area contributed by atoms with Gasteiger partial charge in [0.05, 0.1) is 11.3 Å². The average Bonchev–Trinajstić information content (AvgIpc) is 3.07. The van der Waals surface area contributed by atoms with Gasteiger partial charge in [-0.2, -0.15) is 13.2 Å². The quantitative estimate of drug-likeness (QED) is 0.472. The summed E-state index contributed by atoms with van der Waals surface area (Å²) in [6.07, 6.45) is 1.89. The van der Waals surface area contributed by atoms with Crippen LogP contribution < -0.4 is 4.90 Å². The number of likely N-dealkylation sites (tertiary alicyclic amines) is 1. The summed E-state index contributed by atoms with van der Waals surface area (Å²) in [4.78, 5) is 30.5. The van der Waals surface area contributed by atoms with E-state index in [1.165, 1.54) is 25.0 Å². The van der Waals surface area contributed by atoms with Crippen LogP contribution in [0, 0.1) is 17.3 Å². The van der Waals surface area contributed by atoms with Crippen molar-refractivity contribution in [2.45, 2.75) is 51.7 Å². The number of halogens is 3. The number of fused-ring (bicyclic) bond motifs is 1. The minimum absolute atomic E-state index is 0.0228. The second-order valence-electron chi connectivity index (χ2n) is 10.5. The van der Waals surface area contributed by atoms with E-state index < -0.39 is 23.7 Å². The van der Waals surface area contributed by atoms with E-state index >= 15 is 0 Å². The number of amides is 3. The Morgan fingerprint density at radius 2 is 1.85 bits per heavy atom. The molecule has 178 valence electrons. The molecular formula is C25H30F3N3O2. The molecule has 1 saturated carbocycles. The maximum Gasteiger partial charge on any atom is 0.416 e. The normalized spacial score (nSPS) is 28.2. The van der Waals surface area contributed by atoms with E-state index in [1.807, 2.05) is 0 Å². The second-order valence-corrected chi connectivity index (χ2v) is 10.5. The van der Waals surface area contributed by atoms with Gasteiger partial charge in [-0.25, -0.2) is 9.69 Å². The number of alkyl halides is 3. The van der Waals surface area contributed by atoms with Crippen LogP contribution in [-0.2, 0) is 11.0 Å². The molecule has 0 spiro atoms. The zero-order valence-electron chi connectivity index (χ0n) is 19.1. The maximum absolute atomic E-state index is 13.1. The van der Waals surface area contributed by atoms with Crippen molar-refractivity contribution < 1.29 is 22.8 Å². The molecule has 2 aliphatic heterocycles. The number of nitrogens with zero attached hydrogens (tertiary/aromatic N) is 3. The van der Waals surface area contributed by atoms with E-state index in [2.05, 4.69) is 24.8 Å². The molecule has 8 heteroatoms. The molecule has 1 aromatic carbocycles. The molecule has 3 amide bonds. The van der Waals surface area contributed by atoms with Gasteiger partial charge in [-0.15, -0.1) is 0 Å². The Morgan fingerprint density at radius 3 is 2.48 bits per heavy atom. The summed E-state index contributed by atoms with van der Waals surface area (Å²) in [6, 6.07) is 3.82. The van der Waals surface area contributed by atoms with Crippen LogP contribution in [0.15, 0.2) is 35.9 Å². The van der Waals surface area contributed by atoms with Crippen molar-refractivity contribution in [2.24, 2.45) is 17.3 Å². The van der Waals surface area contributed by atoms with Gasteiger partial charge in [0.15, 0.2) is 0 Å². The number of imide groups is 1. The Kier molecular flexibility index (Phi) is 5.34. The van der Waals surface area contributed by atoms with E-state index in [4.69, 9.17) is 0 Å². The lowest BCUT2D eigenvalue weighted by molar-refractivity contribution is -0.137. The Labute approximate surface area is 192 Å². The number of anilines is 1. The first kappa shape index (κ1) is 22.4. The first-order chi connectivity index (χ1) is 15.6. The molecule has 3 aliphatic carbocycles. The summed E-state index contributed by atoms with van der Waals surface area (Å²) in [7, 11) is 0. The number of carbonyl (C=O) groups excluding carboxylic acids is 2. The van der Waals surface area contributed by atoms with Gasteiger partial charge in [0.1, 0.15) is 6.54 Å². The van der Waals surface area contributed by atoms with Crippen LogP contribution in [0.4, 0.5) is 23.7 Å². The van der Waals surface area contributed by atoms with Crippen LogP contribution in [0.5, 0.6) is 0 Å². The lowest BCUT2D eigenvalue weighted by Crippen LogP contribution is -2.51. The van der Waals surface area contributed by atoms with Gasteiger partial charge < -0.3 is 4.90 Å². The first-order valence-corrected chi connectivity index (χ1v) is 11.8. The maximum atomic E-state index is 13.1. The molecule has 6 rings (SSSR count). The number of piperidine rings is 1. The van der Waals surface area contributed by atoms with E-state index in [9.17, 15) is 22.8 Å². The van der Waals surface area contributed by atoms with Crippen molar-refractivity contribution in [3.63, 3.8) is 0 Å². The lowest BCUT2D eigenvalue weighted by Gasteiger charge is -2.57. The number of benzene rings is 1. The molecule has 0 unspecified atom stereocenters. The second kappa shape index (κ2) is 7.86. The third kappa shape index (κ3) is 3.86. The van der Waals surface area contributed by atoms with E-state index in [1.54, 1.807) is 10.5 Å². The minimum Gasteiger partial charge on any atom is -0.312 e. The summed E-state index contributed by atoms with van der Waals surface area (Å²) in [5, 5.41) is 0. The molecule has 2 saturated heterocycles. The van der Waals surface area contributed by atoms with Crippen LogP contribution in [-0.4, -0.2) is 54.0 Å². The summed E-state index contributed by atoms with van der Waals surface area (Å²) in [5.74, 6) is 1.01. The molecule has 2 atom stereocenters. The summed E-state index contributed by atoms with van der Waals surface area (Å²) in [5.41, 5.74) is 1.05. The minimum atomic E-state index is -4.53. The van der Waals surface area contributed by atoms with Crippen LogP contribution in [0.3, 0.4) is 0 Å². The van der Waals surface area contributed by atoms with Gasteiger partial charge in [-0.3, -0.25) is 9.69 Å². The van der Waals surface area contributed by atoms with Crippen molar-refractivity contribution in [2.75, 3.05) is 31.1 Å². The molecule has 0 radical (unpaired) electrons. The van der Waals surface area contributed by atoms with Crippen molar-refractivity contribution in [1.82, 2.24) is 9.80 Å². The van der Waals surface area contributed by atoms with Gasteiger partial charge in [-0.05, 0) is 61.1 Å². The van der Waals surface area contributed by atoms with Gasteiger partial charge in [-0.1, -0.05) is 31.6 Å². The van der Waals surface area contributed by atoms with E-state index in [-0.39, 0.29) is 18.3 Å². The van der Waals surface area contributed by atoms with Gasteiger partial charge >= 0.3 is 12.2 Å². The Bertz CT molecular complexity index is 995. The molecule has 5 aliphatic rings. The van der Waals surface area contributed by atoms with Crippen LogP contribution in [0.1, 0.15) is 45.1 Å². The number of allylic oxidation sites excluding steroid dienone is 1. The monoisotopic (exact) mass is 461 g/mol.